The van der Waals surface area contributed by atoms with E-state index >= 15 is 0 Å². The van der Waals surface area contributed by atoms with Crippen molar-refractivity contribution in [3.05, 3.63) is 36.0 Å². The van der Waals surface area contributed by atoms with Gasteiger partial charge in [-0.25, -0.2) is 0 Å². The van der Waals surface area contributed by atoms with Gasteiger partial charge in [-0.2, -0.15) is 0 Å². The number of fused-ring (bicyclic) bond motifs is 1. The van der Waals surface area contributed by atoms with Gasteiger partial charge < -0.3 is 10.3 Å². The Labute approximate surface area is 115 Å². The highest BCUT2D eigenvalue weighted by Crippen LogP contribution is 2.21. The highest BCUT2D eigenvalue weighted by molar-refractivity contribution is 5.82. The van der Waals surface area contributed by atoms with Crippen LogP contribution >= 0.6 is 0 Å². The molecule has 0 aliphatic carbocycles. The normalized spacial score (nSPS) is 20.8. The van der Waals surface area contributed by atoms with Gasteiger partial charge in [-0.05, 0) is 51.0 Å². The maximum atomic E-state index is 3.49. The van der Waals surface area contributed by atoms with E-state index < -0.39 is 0 Å². The third kappa shape index (κ3) is 2.82. The molecular weight excluding hydrogens is 234 g/mol. The number of benzene rings is 1. The van der Waals surface area contributed by atoms with Gasteiger partial charge in [0.1, 0.15) is 0 Å². The predicted octanol–water partition coefficient (Wildman–Crippen LogP) is 2.74. The number of para-hydroxylation sites is 1. The summed E-state index contributed by atoms with van der Waals surface area (Å²) in [6, 6.07) is 9.28. The highest BCUT2D eigenvalue weighted by atomic mass is 15.1. The van der Waals surface area contributed by atoms with Gasteiger partial charge in [-0.3, -0.25) is 4.90 Å². The van der Waals surface area contributed by atoms with Crippen molar-refractivity contribution >= 4 is 10.9 Å². The molecular formula is C16H23N3. The number of rotatable bonds is 3. The Morgan fingerprint density at radius 3 is 3.05 bits per heavy atom. The van der Waals surface area contributed by atoms with E-state index in [1.165, 1.54) is 42.3 Å². The average molecular weight is 257 g/mol. The lowest BCUT2D eigenvalue weighted by Crippen LogP contribution is -2.31. The van der Waals surface area contributed by atoms with Crippen LogP contribution in [0.3, 0.4) is 0 Å². The molecule has 0 amide bonds. The van der Waals surface area contributed by atoms with E-state index in [1.807, 2.05) is 0 Å². The van der Waals surface area contributed by atoms with Crippen LogP contribution in [0, 0.1) is 0 Å². The minimum atomic E-state index is 0.712. The summed E-state index contributed by atoms with van der Waals surface area (Å²) in [5, 5.41) is 4.85. The summed E-state index contributed by atoms with van der Waals surface area (Å²) in [7, 11) is 2.26. The fourth-order valence-electron chi connectivity index (χ4n) is 3.10. The molecule has 1 aromatic heterocycles. The van der Waals surface area contributed by atoms with E-state index in [9.17, 15) is 0 Å². The molecule has 2 N–H and O–H groups in total. The molecule has 1 aliphatic heterocycles. The van der Waals surface area contributed by atoms with Crippen molar-refractivity contribution in [1.82, 2.24) is 15.2 Å². The topological polar surface area (TPSA) is 31.1 Å². The Balaban J connectivity index is 1.73. The van der Waals surface area contributed by atoms with Gasteiger partial charge in [0, 0.05) is 29.7 Å². The molecule has 1 fully saturated rings. The first-order chi connectivity index (χ1) is 9.34. The van der Waals surface area contributed by atoms with Crippen LogP contribution in [0.2, 0.25) is 0 Å². The number of nitrogens with zero attached hydrogens (tertiary/aromatic N) is 1. The predicted molar refractivity (Wildman–Crippen MR) is 80.3 cm³/mol. The lowest BCUT2D eigenvalue weighted by molar-refractivity contribution is 0.217. The van der Waals surface area contributed by atoms with Crippen LogP contribution in [0.4, 0.5) is 0 Å². The van der Waals surface area contributed by atoms with Crippen LogP contribution in [0.25, 0.3) is 10.9 Å². The van der Waals surface area contributed by atoms with Gasteiger partial charge in [0.25, 0.3) is 0 Å². The lowest BCUT2D eigenvalue weighted by atomic mass is 10.1. The fraction of sp³-hybridized carbons (Fsp3) is 0.500. The third-order valence-corrected chi connectivity index (χ3v) is 4.26. The summed E-state index contributed by atoms with van der Waals surface area (Å²) in [6.45, 7) is 3.37. The van der Waals surface area contributed by atoms with Gasteiger partial charge in [0.05, 0.1) is 0 Å². The fourth-order valence-corrected chi connectivity index (χ4v) is 3.10. The van der Waals surface area contributed by atoms with E-state index in [2.05, 4.69) is 52.7 Å². The van der Waals surface area contributed by atoms with Crippen molar-refractivity contribution in [1.29, 1.82) is 0 Å². The summed E-state index contributed by atoms with van der Waals surface area (Å²) in [5.41, 5.74) is 2.66. The molecule has 1 unspecified atom stereocenters. The van der Waals surface area contributed by atoms with Gasteiger partial charge in [0.2, 0.25) is 0 Å². The maximum absolute atomic E-state index is 3.49. The standard InChI is InChI=1S/C16H23N3/c1-19(14-5-4-9-17-10-8-14)12-13-11-18-16-7-3-2-6-15(13)16/h2-3,6-7,11,14,17-18H,4-5,8-10,12H2,1H3. The van der Waals surface area contributed by atoms with Crippen molar-refractivity contribution in [3.8, 4) is 0 Å². The van der Waals surface area contributed by atoms with E-state index in [-0.39, 0.29) is 0 Å². The van der Waals surface area contributed by atoms with E-state index in [0.717, 1.165) is 13.1 Å². The molecule has 102 valence electrons. The maximum Gasteiger partial charge on any atom is 0.0457 e. The Hall–Kier alpha value is -1.32. The molecule has 19 heavy (non-hydrogen) atoms. The summed E-state index contributed by atoms with van der Waals surface area (Å²) in [5.74, 6) is 0. The Morgan fingerprint density at radius 2 is 2.11 bits per heavy atom. The second kappa shape index (κ2) is 5.76. The van der Waals surface area contributed by atoms with Crippen molar-refractivity contribution < 1.29 is 0 Å². The number of H-pyrrole nitrogens is 1. The Kier molecular flexibility index (Phi) is 3.85. The molecule has 0 saturated carbocycles. The molecule has 3 heteroatoms. The van der Waals surface area contributed by atoms with Crippen LogP contribution in [-0.4, -0.2) is 36.1 Å². The number of nitrogens with one attached hydrogen (secondary N) is 2. The third-order valence-electron chi connectivity index (χ3n) is 4.26. The molecule has 1 aromatic carbocycles. The van der Waals surface area contributed by atoms with Crippen LogP contribution < -0.4 is 5.32 Å². The van der Waals surface area contributed by atoms with Crippen molar-refractivity contribution in [2.45, 2.75) is 31.8 Å². The molecule has 3 nitrogen and oxygen atoms in total. The smallest absolute Gasteiger partial charge is 0.0457 e. The van der Waals surface area contributed by atoms with E-state index in [0.29, 0.717) is 6.04 Å². The number of hydrogen-bond acceptors (Lipinski definition) is 2. The zero-order valence-corrected chi connectivity index (χ0v) is 11.7. The first-order valence-corrected chi connectivity index (χ1v) is 7.30. The quantitative estimate of drug-likeness (QED) is 0.886. The summed E-state index contributed by atoms with van der Waals surface area (Å²) < 4.78 is 0. The van der Waals surface area contributed by atoms with Crippen LogP contribution in [0.1, 0.15) is 24.8 Å². The molecule has 1 aliphatic rings. The van der Waals surface area contributed by atoms with E-state index in [4.69, 9.17) is 0 Å². The van der Waals surface area contributed by atoms with E-state index in [1.54, 1.807) is 0 Å². The second-order valence-corrected chi connectivity index (χ2v) is 5.61. The summed E-state index contributed by atoms with van der Waals surface area (Å²) in [6.07, 6.45) is 6.03. The molecule has 0 spiro atoms. The molecule has 0 radical (unpaired) electrons. The largest absolute Gasteiger partial charge is 0.361 e. The van der Waals surface area contributed by atoms with Crippen molar-refractivity contribution in [2.24, 2.45) is 0 Å². The first kappa shape index (κ1) is 12.7. The molecule has 0 bridgehead atoms. The molecule has 3 rings (SSSR count). The van der Waals surface area contributed by atoms with Gasteiger partial charge in [-0.15, -0.1) is 0 Å². The zero-order chi connectivity index (χ0) is 13.1. The van der Waals surface area contributed by atoms with Crippen LogP contribution in [0.15, 0.2) is 30.5 Å². The number of aromatic nitrogens is 1. The van der Waals surface area contributed by atoms with Gasteiger partial charge in [0.15, 0.2) is 0 Å². The monoisotopic (exact) mass is 257 g/mol. The molecule has 2 aromatic rings. The molecule has 2 heterocycles. The lowest BCUT2D eigenvalue weighted by Gasteiger charge is -2.26. The van der Waals surface area contributed by atoms with Gasteiger partial charge >= 0.3 is 0 Å². The number of aromatic amines is 1. The first-order valence-electron chi connectivity index (χ1n) is 7.30. The minimum absolute atomic E-state index is 0.712. The summed E-state index contributed by atoms with van der Waals surface area (Å²) >= 11 is 0. The van der Waals surface area contributed by atoms with Crippen LogP contribution in [0.5, 0.6) is 0 Å². The molecule has 1 atom stereocenters. The summed E-state index contributed by atoms with van der Waals surface area (Å²) in [4.78, 5) is 5.89. The Bertz CT molecular complexity index is 524. The average Bonchev–Trinajstić information content (AvgIpc) is 2.66. The van der Waals surface area contributed by atoms with Gasteiger partial charge in [-0.1, -0.05) is 18.2 Å². The molecule has 1 saturated heterocycles. The van der Waals surface area contributed by atoms with Crippen LogP contribution in [-0.2, 0) is 6.54 Å². The zero-order valence-electron chi connectivity index (χ0n) is 11.7. The second-order valence-electron chi connectivity index (χ2n) is 5.61. The minimum Gasteiger partial charge on any atom is -0.361 e. The SMILES string of the molecule is CN(Cc1c[nH]c2ccccc12)C1CCCNCC1. The van der Waals surface area contributed by atoms with Crippen molar-refractivity contribution in [2.75, 3.05) is 20.1 Å². The highest BCUT2D eigenvalue weighted by Gasteiger charge is 2.17. The Morgan fingerprint density at radius 1 is 1.21 bits per heavy atom. The number of hydrogen-bond donors (Lipinski definition) is 2. The van der Waals surface area contributed by atoms with Crippen molar-refractivity contribution in [3.63, 3.8) is 0 Å².